The third-order valence-corrected chi connectivity index (χ3v) is 4.97. The topological polar surface area (TPSA) is 64.2 Å². The second-order valence-corrected chi connectivity index (χ2v) is 7.01. The van der Waals surface area contributed by atoms with E-state index in [2.05, 4.69) is 15.4 Å². The number of pyridine rings is 1. The molecule has 0 bridgehead atoms. The highest BCUT2D eigenvalue weighted by atomic mass is 19.1. The van der Waals surface area contributed by atoms with E-state index in [4.69, 9.17) is 0 Å². The van der Waals surface area contributed by atoms with Crippen LogP contribution in [0.4, 0.5) is 4.39 Å². The van der Waals surface area contributed by atoms with Crippen LogP contribution in [0.1, 0.15) is 22.6 Å². The Morgan fingerprint density at radius 2 is 1.93 bits per heavy atom. The molecule has 0 aliphatic heterocycles. The van der Waals surface area contributed by atoms with Gasteiger partial charge in [-0.3, -0.25) is 4.79 Å². The summed E-state index contributed by atoms with van der Waals surface area (Å²) in [7, 11) is 0. The van der Waals surface area contributed by atoms with Gasteiger partial charge in [0.15, 0.2) is 0 Å². The highest BCUT2D eigenvalue weighted by Crippen LogP contribution is 2.19. The SMILES string of the molecule is Cc1nn(-c2ccc(F)cc2)c(C)c1CC(=O)NCCc1cn2ccccc2n1. The number of aromatic nitrogens is 4. The lowest BCUT2D eigenvalue weighted by Crippen LogP contribution is -2.27. The maximum atomic E-state index is 13.2. The summed E-state index contributed by atoms with van der Waals surface area (Å²) in [5.41, 5.74) is 5.17. The summed E-state index contributed by atoms with van der Waals surface area (Å²) < 4.78 is 16.9. The molecule has 0 spiro atoms. The van der Waals surface area contributed by atoms with Crippen molar-refractivity contribution in [3.8, 4) is 5.69 Å². The average molecular weight is 391 g/mol. The van der Waals surface area contributed by atoms with Gasteiger partial charge < -0.3 is 9.72 Å². The van der Waals surface area contributed by atoms with Crippen LogP contribution in [0.3, 0.4) is 0 Å². The van der Waals surface area contributed by atoms with Gasteiger partial charge in [0.05, 0.1) is 23.5 Å². The molecule has 29 heavy (non-hydrogen) atoms. The van der Waals surface area contributed by atoms with Gasteiger partial charge in [-0.05, 0) is 50.2 Å². The van der Waals surface area contributed by atoms with Gasteiger partial charge in [0, 0.05) is 36.6 Å². The van der Waals surface area contributed by atoms with Crippen molar-refractivity contribution in [3.05, 3.63) is 83.3 Å². The fourth-order valence-electron chi connectivity index (χ4n) is 3.43. The number of nitrogens with zero attached hydrogens (tertiary/aromatic N) is 4. The molecule has 148 valence electrons. The molecule has 1 N–H and O–H groups in total. The van der Waals surface area contributed by atoms with Crippen molar-refractivity contribution in [1.29, 1.82) is 0 Å². The predicted octanol–water partition coefficient (Wildman–Crippen LogP) is 3.18. The highest BCUT2D eigenvalue weighted by molar-refractivity contribution is 5.79. The van der Waals surface area contributed by atoms with Crippen LogP contribution in [0, 0.1) is 19.7 Å². The minimum absolute atomic E-state index is 0.0568. The first-order chi connectivity index (χ1) is 14.0. The zero-order valence-electron chi connectivity index (χ0n) is 16.4. The summed E-state index contributed by atoms with van der Waals surface area (Å²) in [6.45, 7) is 4.32. The molecule has 3 aromatic heterocycles. The number of carbonyl (C=O) groups excluding carboxylic acids is 1. The number of carbonyl (C=O) groups is 1. The number of hydrogen-bond acceptors (Lipinski definition) is 3. The Bertz CT molecular complexity index is 1130. The van der Waals surface area contributed by atoms with Gasteiger partial charge in [-0.2, -0.15) is 5.10 Å². The van der Waals surface area contributed by atoms with Crippen LogP contribution >= 0.6 is 0 Å². The summed E-state index contributed by atoms with van der Waals surface area (Å²) in [4.78, 5) is 17.0. The molecule has 1 aromatic carbocycles. The molecular weight excluding hydrogens is 369 g/mol. The van der Waals surface area contributed by atoms with Gasteiger partial charge in [-0.25, -0.2) is 14.1 Å². The third kappa shape index (κ3) is 4.03. The molecule has 0 atom stereocenters. The Kier molecular flexibility index (Phi) is 5.12. The number of nitrogens with one attached hydrogen (secondary N) is 1. The minimum atomic E-state index is -0.291. The Hall–Kier alpha value is -3.48. The lowest BCUT2D eigenvalue weighted by Gasteiger charge is -2.06. The molecule has 0 unspecified atom stereocenters. The zero-order valence-corrected chi connectivity index (χ0v) is 16.4. The summed E-state index contributed by atoms with van der Waals surface area (Å²) in [6.07, 6.45) is 4.85. The molecule has 0 aliphatic rings. The smallest absolute Gasteiger partial charge is 0.224 e. The molecule has 1 amide bonds. The molecule has 0 saturated heterocycles. The van der Waals surface area contributed by atoms with Crippen molar-refractivity contribution >= 4 is 11.6 Å². The van der Waals surface area contributed by atoms with E-state index < -0.39 is 0 Å². The second kappa shape index (κ2) is 7.87. The monoisotopic (exact) mass is 391 g/mol. The third-order valence-electron chi connectivity index (χ3n) is 4.97. The minimum Gasteiger partial charge on any atom is -0.355 e. The van der Waals surface area contributed by atoms with Crippen LogP contribution in [-0.4, -0.2) is 31.6 Å². The van der Waals surface area contributed by atoms with Crippen LogP contribution < -0.4 is 5.32 Å². The number of hydrogen-bond donors (Lipinski definition) is 1. The largest absolute Gasteiger partial charge is 0.355 e. The number of halogens is 1. The number of imidazole rings is 1. The van der Waals surface area contributed by atoms with Crippen LogP contribution in [-0.2, 0) is 17.6 Å². The van der Waals surface area contributed by atoms with Gasteiger partial charge in [-0.15, -0.1) is 0 Å². The first kappa shape index (κ1) is 18.9. The average Bonchev–Trinajstić information content (AvgIpc) is 3.24. The van der Waals surface area contributed by atoms with E-state index in [-0.39, 0.29) is 18.1 Å². The van der Waals surface area contributed by atoms with Crippen molar-refractivity contribution < 1.29 is 9.18 Å². The van der Waals surface area contributed by atoms with Gasteiger partial charge >= 0.3 is 0 Å². The van der Waals surface area contributed by atoms with Crippen LogP contribution in [0.5, 0.6) is 0 Å². The fourth-order valence-corrected chi connectivity index (χ4v) is 3.43. The first-order valence-corrected chi connectivity index (χ1v) is 9.51. The number of aryl methyl sites for hydroxylation is 1. The highest BCUT2D eigenvalue weighted by Gasteiger charge is 2.16. The summed E-state index contributed by atoms with van der Waals surface area (Å²) >= 11 is 0. The quantitative estimate of drug-likeness (QED) is 0.549. The standard InChI is InChI=1S/C22H22FN5O/c1-15-20(16(2)28(26-15)19-8-6-17(23)7-9-19)13-22(29)24-11-10-18-14-27-12-4-3-5-21(27)25-18/h3-9,12,14H,10-11,13H2,1-2H3,(H,24,29). The van der Waals surface area contributed by atoms with Crippen LogP contribution in [0.2, 0.25) is 0 Å². The molecule has 0 saturated carbocycles. The van der Waals surface area contributed by atoms with Gasteiger partial charge in [0.1, 0.15) is 11.5 Å². The molecular formula is C22H22FN5O. The molecule has 4 aromatic rings. The molecule has 0 aliphatic carbocycles. The van der Waals surface area contributed by atoms with E-state index in [9.17, 15) is 9.18 Å². The van der Waals surface area contributed by atoms with Gasteiger partial charge in [0.25, 0.3) is 0 Å². The normalized spacial score (nSPS) is 11.1. The number of benzene rings is 1. The first-order valence-electron chi connectivity index (χ1n) is 9.51. The van der Waals surface area contributed by atoms with Gasteiger partial charge in [-0.1, -0.05) is 6.07 Å². The summed E-state index contributed by atoms with van der Waals surface area (Å²) in [5.74, 6) is -0.348. The summed E-state index contributed by atoms with van der Waals surface area (Å²) in [5, 5.41) is 7.48. The second-order valence-electron chi connectivity index (χ2n) is 7.01. The Morgan fingerprint density at radius 3 is 2.69 bits per heavy atom. The molecule has 0 fully saturated rings. The Morgan fingerprint density at radius 1 is 1.14 bits per heavy atom. The van der Waals surface area contributed by atoms with Crippen molar-refractivity contribution in [2.45, 2.75) is 26.7 Å². The zero-order chi connectivity index (χ0) is 20.4. The van der Waals surface area contributed by atoms with E-state index in [0.717, 1.165) is 34.0 Å². The predicted molar refractivity (Wildman–Crippen MR) is 109 cm³/mol. The molecule has 7 heteroatoms. The maximum Gasteiger partial charge on any atom is 0.224 e. The van der Waals surface area contributed by atoms with Crippen molar-refractivity contribution in [2.75, 3.05) is 6.54 Å². The van der Waals surface area contributed by atoms with E-state index in [0.29, 0.717) is 13.0 Å². The number of rotatable bonds is 6. The number of fused-ring (bicyclic) bond motifs is 1. The molecule has 4 rings (SSSR count). The number of amides is 1. The van der Waals surface area contributed by atoms with Crippen molar-refractivity contribution in [1.82, 2.24) is 24.5 Å². The van der Waals surface area contributed by atoms with E-state index >= 15 is 0 Å². The fraction of sp³-hybridized carbons (Fsp3) is 0.227. The lowest BCUT2D eigenvalue weighted by molar-refractivity contribution is -0.120. The van der Waals surface area contributed by atoms with Crippen molar-refractivity contribution in [2.24, 2.45) is 0 Å². The van der Waals surface area contributed by atoms with Crippen LogP contribution in [0.15, 0.2) is 54.9 Å². The van der Waals surface area contributed by atoms with E-state index in [1.807, 2.05) is 48.8 Å². The summed E-state index contributed by atoms with van der Waals surface area (Å²) in [6, 6.07) is 12.0. The Balaban J connectivity index is 1.38. The van der Waals surface area contributed by atoms with Crippen molar-refractivity contribution in [3.63, 3.8) is 0 Å². The molecule has 6 nitrogen and oxygen atoms in total. The van der Waals surface area contributed by atoms with Gasteiger partial charge in [0.2, 0.25) is 5.91 Å². The Labute approximate surface area is 168 Å². The molecule has 0 radical (unpaired) electrons. The van der Waals surface area contributed by atoms with E-state index in [1.54, 1.807) is 16.8 Å². The van der Waals surface area contributed by atoms with E-state index in [1.165, 1.54) is 12.1 Å². The lowest BCUT2D eigenvalue weighted by atomic mass is 10.1. The maximum absolute atomic E-state index is 13.2. The van der Waals surface area contributed by atoms with Crippen LogP contribution in [0.25, 0.3) is 11.3 Å². The molecule has 3 heterocycles.